The maximum atomic E-state index is 4.96. The van der Waals surface area contributed by atoms with Gasteiger partial charge < -0.3 is 20.1 Å². The van der Waals surface area contributed by atoms with Crippen LogP contribution >= 0.6 is 0 Å². The van der Waals surface area contributed by atoms with Gasteiger partial charge in [-0.25, -0.2) is 4.99 Å². The Morgan fingerprint density at radius 3 is 2.72 bits per heavy atom. The van der Waals surface area contributed by atoms with Crippen molar-refractivity contribution in [2.24, 2.45) is 4.99 Å². The zero-order valence-corrected chi connectivity index (χ0v) is 15.5. The van der Waals surface area contributed by atoms with Gasteiger partial charge in [-0.1, -0.05) is 17.3 Å². The van der Waals surface area contributed by atoms with Crippen LogP contribution in [-0.2, 0) is 6.54 Å². The second kappa shape index (κ2) is 9.66. The first-order valence-corrected chi connectivity index (χ1v) is 8.75. The topological polar surface area (TPSA) is 78.6 Å². The Morgan fingerprint density at radius 2 is 2.08 bits per heavy atom. The number of aliphatic imine (C=N–C) groups is 1. The molecule has 7 nitrogen and oxygen atoms in total. The molecule has 0 radical (unpaired) electrons. The molecule has 0 aliphatic carbocycles. The first-order valence-electron chi connectivity index (χ1n) is 8.75. The highest BCUT2D eigenvalue weighted by atomic mass is 16.5. The Labute approximate surface area is 149 Å². The number of nitrogens with zero attached hydrogens (tertiary/aromatic N) is 4. The van der Waals surface area contributed by atoms with Gasteiger partial charge in [-0.05, 0) is 38.5 Å². The van der Waals surface area contributed by atoms with Gasteiger partial charge in [-0.2, -0.15) is 4.98 Å². The second-order valence-corrected chi connectivity index (χ2v) is 5.77. The molecule has 0 aliphatic rings. The van der Waals surface area contributed by atoms with Crippen molar-refractivity contribution in [3.05, 3.63) is 41.5 Å². The van der Waals surface area contributed by atoms with Crippen LogP contribution in [0.2, 0.25) is 0 Å². The smallest absolute Gasteiger partial charge is 0.223 e. The molecule has 0 aliphatic heterocycles. The molecule has 25 heavy (non-hydrogen) atoms. The Hall–Kier alpha value is -2.57. The molecule has 0 unspecified atom stereocenters. The largest absolute Gasteiger partial charge is 0.370 e. The van der Waals surface area contributed by atoms with E-state index in [4.69, 9.17) is 4.52 Å². The van der Waals surface area contributed by atoms with E-state index in [0.717, 1.165) is 32.1 Å². The van der Waals surface area contributed by atoms with Crippen molar-refractivity contribution in [2.45, 2.75) is 34.2 Å². The first kappa shape index (κ1) is 18.8. The number of rotatable bonds is 8. The molecule has 2 N–H and O–H groups in total. The van der Waals surface area contributed by atoms with Crippen LogP contribution < -0.4 is 15.5 Å². The molecule has 7 heteroatoms. The summed E-state index contributed by atoms with van der Waals surface area (Å²) in [5, 5.41) is 10.5. The number of nitrogens with one attached hydrogen (secondary N) is 2. The lowest BCUT2D eigenvalue weighted by atomic mass is 10.2. The summed E-state index contributed by atoms with van der Waals surface area (Å²) in [6.07, 6.45) is 0. The van der Waals surface area contributed by atoms with Crippen molar-refractivity contribution in [1.82, 2.24) is 20.8 Å². The van der Waals surface area contributed by atoms with Gasteiger partial charge in [0.05, 0.1) is 0 Å². The normalized spacial score (nSPS) is 11.4. The molecule has 2 rings (SSSR count). The Morgan fingerprint density at radius 1 is 1.24 bits per heavy atom. The summed E-state index contributed by atoms with van der Waals surface area (Å²) in [6, 6.07) is 8.57. The third-order valence-electron chi connectivity index (χ3n) is 3.72. The van der Waals surface area contributed by atoms with Gasteiger partial charge in [0.15, 0.2) is 11.8 Å². The maximum absolute atomic E-state index is 4.96. The van der Waals surface area contributed by atoms with Gasteiger partial charge in [0.2, 0.25) is 5.89 Å². The van der Waals surface area contributed by atoms with E-state index in [1.165, 1.54) is 11.3 Å². The van der Waals surface area contributed by atoms with Crippen LogP contribution in [0.5, 0.6) is 0 Å². The molecule has 1 heterocycles. The average molecular weight is 344 g/mol. The van der Waals surface area contributed by atoms with Gasteiger partial charge in [0, 0.05) is 38.8 Å². The van der Waals surface area contributed by atoms with Crippen molar-refractivity contribution in [1.29, 1.82) is 0 Å². The Kier molecular flexibility index (Phi) is 7.25. The molecule has 2 aromatic rings. The van der Waals surface area contributed by atoms with Crippen molar-refractivity contribution in [3.8, 4) is 0 Å². The molecule has 1 aromatic heterocycles. The lowest BCUT2D eigenvalue weighted by Gasteiger charge is -2.24. The quantitative estimate of drug-likeness (QED) is 0.565. The predicted molar refractivity (Wildman–Crippen MR) is 101 cm³/mol. The van der Waals surface area contributed by atoms with Crippen molar-refractivity contribution in [3.63, 3.8) is 0 Å². The van der Waals surface area contributed by atoms with E-state index < -0.39 is 0 Å². The number of aryl methyl sites for hydroxylation is 2. The standard InChI is InChI=1S/C18H28N6O/c1-5-19-18(21-13-17-22-15(4)25-23-17)20-10-11-24(6-2)16-9-7-8-14(3)12-16/h7-9,12H,5-6,10-11,13H2,1-4H3,(H2,19,20,21). The maximum Gasteiger partial charge on any atom is 0.223 e. The Balaban J connectivity index is 1.89. The lowest BCUT2D eigenvalue weighted by molar-refractivity contribution is 0.387. The van der Waals surface area contributed by atoms with E-state index in [1.54, 1.807) is 6.92 Å². The van der Waals surface area contributed by atoms with Gasteiger partial charge in [-0.3, -0.25) is 0 Å². The molecule has 0 spiro atoms. The SMILES string of the molecule is CCNC(=NCc1noc(C)n1)NCCN(CC)c1cccc(C)c1. The molecule has 1 aromatic carbocycles. The summed E-state index contributed by atoms with van der Waals surface area (Å²) >= 11 is 0. The summed E-state index contributed by atoms with van der Waals surface area (Å²) in [5.74, 6) is 1.90. The highest BCUT2D eigenvalue weighted by Gasteiger charge is 2.06. The number of benzene rings is 1. The number of hydrogen-bond donors (Lipinski definition) is 2. The summed E-state index contributed by atoms with van der Waals surface area (Å²) in [6.45, 7) is 11.9. The summed E-state index contributed by atoms with van der Waals surface area (Å²) in [4.78, 5) is 11.0. The zero-order valence-electron chi connectivity index (χ0n) is 15.5. The summed E-state index contributed by atoms with van der Waals surface area (Å²) < 4.78 is 4.96. The summed E-state index contributed by atoms with van der Waals surface area (Å²) in [7, 11) is 0. The Bertz CT molecular complexity index is 682. The monoisotopic (exact) mass is 344 g/mol. The van der Waals surface area contributed by atoms with E-state index in [0.29, 0.717) is 18.3 Å². The van der Waals surface area contributed by atoms with Crippen LogP contribution in [-0.4, -0.2) is 42.3 Å². The molecule has 0 fully saturated rings. The number of hydrogen-bond acceptors (Lipinski definition) is 5. The number of guanidine groups is 1. The fourth-order valence-electron chi connectivity index (χ4n) is 2.50. The van der Waals surface area contributed by atoms with E-state index in [9.17, 15) is 0 Å². The minimum atomic E-state index is 0.391. The first-order chi connectivity index (χ1) is 12.1. The molecule has 0 atom stereocenters. The minimum Gasteiger partial charge on any atom is -0.370 e. The van der Waals surface area contributed by atoms with Gasteiger partial charge >= 0.3 is 0 Å². The highest BCUT2D eigenvalue weighted by Crippen LogP contribution is 2.14. The van der Waals surface area contributed by atoms with Crippen molar-refractivity contribution < 1.29 is 4.52 Å². The van der Waals surface area contributed by atoms with Gasteiger partial charge in [0.1, 0.15) is 6.54 Å². The van der Waals surface area contributed by atoms with Crippen molar-refractivity contribution >= 4 is 11.6 Å². The van der Waals surface area contributed by atoms with Crippen LogP contribution in [0, 0.1) is 13.8 Å². The number of anilines is 1. The molecule has 0 amide bonds. The number of likely N-dealkylation sites (N-methyl/N-ethyl adjacent to an activating group) is 1. The van der Waals surface area contributed by atoms with E-state index in [-0.39, 0.29) is 0 Å². The molecular formula is C18H28N6O. The third kappa shape index (κ3) is 6.10. The van der Waals surface area contributed by atoms with Crippen LogP contribution in [0.4, 0.5) is 5.69 Å². The molecule has 0 bridgehead atoms. The van der Waals surface area contributed by atoms with Gasteiger partial charge in [0.25, 0.3) is 0 Å². The summed E-state index contributed by atoms with van der Waals surface area (Å²) in [5.41, 5.74) is 2.52. The molecule has 136 valence electrons. The van der Waals surface area contributed by atoms with Crippen LogP contribution in [0.3, 0.4) is 0 Å². The van der Waals surface area contributed by atoms with Gasteiger partial charge in [-0.15, -0.1) is 0 Å². The fourth-order valence-corrected chi connectivity index (χ4v) is 2.50. The molecule has 0 saturated carbocycles. The fraction of sp³-hybridized carbons (Fsp3) is 0.500. The third-order valence-corrected chi connectivity index (χ3v) is 3.72. The van der Waals surface area contributed by atoms with Crippen LogP contribution in [0.1, 0.15) is 31.1 Å². The predicted octanol–water partition coefficient (Wildman–Crippen LogP) is 2.27. The number of aromatic nitrogens is 2. The van der Waals surface area contributed by atoms with Crippen LogP contribution in [0.25, 0.3) is 0 Å². The molecular weight excluding hydrogens is 316 g/mol. The molecule has 0 saturated heterocycles. The van der Waals surface area contributed by atoms with E-state index in [1.807, 2.05) is 6.92 Å². The van der Waals surface area contributed by atoms with E-state index in [2.05, 4.69) is 68.8 Å². The second-order valence-electron chi connectivity index (χ2n) is 5.77. The highest BCUT2D eigenvalue weighted by molar-refractivity contribution is 5.79. The van der Waals surface area contributed by atoms with Crippen molar-refractivity contribution in [2.75, 3.05) is 31.1 Å². The zero-order chi connectivity index (χ0) is 18.1. The van der Waals surface area contributed by atoms with Crippen LogP contribution in [0.15, 0.2) is 33.8 Å². The van der Waals surface area contributed by atoms with E-state index >= 15 is 0 Å². The minimum absolute atomic E-state index is 0.391. The lowest BCUT2D eigenvalue weighted by Crippen LogP contribution is -2.41. The average Bonchev–Trinajstić information content (AvgIpc) is 3.02.